The smallest absolute Gasteiger partial charge is 0.224 e. The molecule has 0 bridgehead atoms. The second kappa shape index (κ2) is 6.31. The maximum Gasteiger partial charge on any atom is 0.224 e. The van der Waals surface area contributed by atoms with Crippen molar-refractivity contribution in [1.82, 2.24) is 10.4 Å². The Morgan fingerprint density at radius 2 is 1.83 bits per heavy atom. The van der Waals surface area contributed by atoms with Crippen LogP contribution >= 0.6 is 0 Å². The molecular formula is C14H18N2O2. The molecule has 1 aliphatic carbocycles. The van der Waals surface area contributed by atoms with Gasteiger partial charge >= 0.3 is 0 Å². The topological polar surface area (TPSA) is 49.4 Å². The molecule has 1 fully saturated rings. The monoisotopic (exact) mass is 246 g/mol. The van der Waals surface area contributed by atoms with Crippen molar-refractivity contribution in [2.24, 2.45) is 0 Å². The lowest BCUT2D eigenvalue weighted by molar-refractivity contribution is -0.129. The van der Waals surface area contributed by atoms with Gasteiger partial charge in [0.1, 0.15) is 12.3 Å². The molecule has 0 radical (unpaired) electrons. The first-order valence-electron chi connectivity index (χ1n) is 6.35. The standard InChI is InChI=1S/C14H18N2O2/c17-10-14(12-6-2-1-3-7-12)16(11-18)15-13-8-4-5-9-13/h1-3,6-7,10-11,13-15H,4-5,8-9H2/t14-/m0/s1. The highest BCUT2D eigenvalue weighted by molar-refractivity contribution is 5.66. The van der Waals surface area contributed by atoms with Gasteiger partial charge in [0, 0.05) is 6.04 Å². The fourth-order valence-corrected chi connectivity index (χ4v) is 2.40. The summed E-state index contributed by atoms with van der Waals surface area (Å²) in [5, 5.41) is 1.39. The fourth-order valence-electron chi connectivity index (χ4n) is 2.40. The summed E-state index contributed by atoms with van der Waals surface area (Å²) in [6, 6.07) is 9.08. The Morgan fingerprint density at radius 1 is 1.17 bits per heavy atom. The van der Waals surface area contributed by atoms with Gasteiger partial charge in [-0.1, -0.05) is 43.2 Å². The van der Waals surface area contributed by atoms with Crippen molar-refractivity contribution in [2.45, 2.75) is 37.8 Å². The molecule has 0 aliphatic heterocycles. The Morgan fingerprint density at radius 3 is 2.39 bits per heavy atom. The highest BCUT2D eigenvalue weighted by Gasteiger charge is 2.23. The van der Waals surface area contributed by atoms with Gasteiger partial charge in [-0.2, -0.15) is 0 Å². The number of nitrogens with one attached hydrogen (secondary N) is 1. The van der Waals surface area contributed by atoms with Crippen LogP contribution in [0.25, 0.3) is 0 Å². The normalized spacial score (nSPS) is 17.3. The summed E-state index contributed by atoms with van der Waals surface area (Å²) in [6.45, 7) is 0. The fraction of sp³-hybridized carbons (Fsp3) is 0.429. The van der Waals surface area contributed by atoms with Crippen LogP contribution in [0.1, 0.15) is 37.3 Å². The van der Waals surface area contributed by atoms with Crippen LogP contribution in [0.2, 0.25) is 0 Å². The number of rotatable bonds is 6. The van der Waals surface area contributed by atoms with Gasteiger partial charge in [-0.25, -0.2) is 5.43 Å². The van der Waals surface area contributed by atoms with Gasteiger partial charge < -0.3 is 4.79 Å². The minimum absolute atomic E-state index is 0.307. The lowest BCUT2D eigenvalue weighted by atomic mass is 10.1. The molecule has 0 spiro atoms. The lowest BCUT2D eigenvalue weighted by Crippen LogP contribution is -2.45. The Labute approximate surface area is 107 Å². The van der Waals surface area contributed by atoms with Crippen LogP contribution in [0.3, 0.4) is 0 Å². The van der Waals surface area contributed by atoms with E-state index in [1.165, 1.54) is 17.9 Å². The number of amides is 1. The number of aldehydes is 1. The number of carbonyl (C=O) groups is 2. The average Bonchev–Trinajstić information content (AvgIpc) is 2.92. The van der Waals surface area contributed by atoms with E-state index in [4.69, 9.17) is 0 Å². The first-order chi connectivity index (χ1) is 8.85. The van der Waals surface area contributed by atoms with E-state index in [-0.39, 0.29) is 0 Å². The number of hydrazine groups is 1. The van der Waals surface area contributed by atoms with Crippen molar-refractivity contribution in [3.05, 3.63) is 35.9 Å². The van der Waals surface area contributed by atoms with E-state index in [0.717, 1.165) is 24.7 Å². The van der Waals surface area contributed by atoms with Crippen LogP contribution in [0, 0.1) is 0 Å². The van der Waals surface area contributed by atoms with Gasteiger partial charge in [-0.3, -0.25) is 9.80 Å². The molecule has 1 amide bonds. The molecule has 0 aromatic heterocycles. The zero-order chi connectivity index (χ0) is 12.8. The van der Waals surface area contributed by atoms with Crippen molar-refractivity contribution in [3.63, 3.8) is 0 Å². The SMILES string of the molecule is O=C[C@@H](c1ccccc1)N(C=O)NC1CCCC1. The molecule has 4 nitrogen and oxygen atoms in total. The quantitative estimate of drug-likeness (QED) is 0.615. The van der Waals surface area contributed by atoms with Crippen LogP contribution in [-0.4, -0.2) is 23.7 Å². The van der Waals surface area contributed by atoms with Crippen LogP contribution in [0.4, 0.5) is 0 Å². The van der Waals surface area contributed by atoms with E-state index < -0.39 is 6.04 Å². The van der Waals surface area contributed by atoms with Crippen LogP contribution in [0.15, 0.2) is 30.3 Å². The minimum atomic E-state index is -0.552. The van der Waals surface area contributed by atoms with Crippen molar-refractivity contribution < 1.29 is 9.59 Å². The number of hydrogen-bond donors (Lipinski definition) is 1. The molecule has 1 saturated carbocycles. The molecular weight excluding hydrogens is 228 g/mol. The molecule has 96 valence electrons. The van der Waals surface area contributed by atoms with Gasteiger partial charge in [-0.15, -0.1) is 0 Å². The molecule has 1 N–H and O–H groups in total. The maximum absolute atomic E-state index is 11.2. The van der Waals surface area contributed by atoms with Crippen molar-refractivity contribution in [3.8, 4) is 0 Å². The number of benzene rings is 1. The van der Waals surface area contributed by atoms with E-state index in [0.29, 0.717) is 12.5 Å². The third-order valence-corrected chi connectivity index (χ3v) is 3.37. The van der Waals surface area contributed by atoms with E-state index in [9.17, 15) is 9.59 Å². The van der Waals surface area contributed by atoms with E-state index >= 15 is 0 Å². The summed E-state index contributed by atoms with van der Waals surface area (Å²) in [4.78, 5) is 22.4. The molecule has 2 rings (SSSR count). The average molecular weight is 246 g/mol. The number of hydrogen-bond acceptors (Lipinski definition) is 3. The second-order valence-electron chi connectivity index (χ2n) is 4.61. The second-order valence-corrected chi connectivity index (χ2v) is 4.61. The van der Waals surface area contributed by atoms with Gasteiger partial charge in [0.2, 0.25) is 6.41 Å². The zero-order valence-electron chi connectivity index (χ0n) is 10.3. The largest absolute Gasteiger partial charge is 0.301 e. The maximum atomic E-state index is 11.2. The first kappa shape index (κ1) is 12.8. The molecule has 0 saturated heterocycles. The van der Waals surface area contributed by atoms with Gasteiger partial charge in [0.25, 0.3) is 0 Å². The molecule has 1 aliphatic rings. The summed E-state index contributed by atoms with van der Waals surface area (Å²) in [5.74, 6) is 0. The van der Waals surface area contributed by atoms with Crippen LogP contribution < -0.4 is 5.43 Å². The molecule has 18 heavy (non-hydrogen) atoms. The Kier molecular flexibility index (Phi) is 4.47. The number of nitrogens with zero attached hydrogens (tertiary/aromatic N) is 1. The lowest BCUT2D eigenvalue weighted by Gasteiger charge is -2.28. The zero-order valence-corrected chi connectivity index (χ0v) is 10.3. The highest BCUT2D eigenvalue weighted by Crippen LogP contribution is 2.21. The van der Waals surface area contributed by atoms with E-state index in [1.54, 1.807) is 0 Å². The summed E-state index contributed by atoms with van der Waals surface area (Å²) < 4.78 is 0. The minimum Gasteiger partial charge on any atom is -0.301 e. The van der Waals surface area contributed by atoms with Crippen LogP contribution in [-0.2, 0) is 9.59 Å². The van der Waals surface area contributed by atoms with E-state index in [2.05, 4.69) is 5.43 Å². The van der Waals surface area contributed by atoms with Crippen molar-refractivity contribution in [1.29, 1.82) is 0 Å². The van der Waals surface area contributed by atoms with Gasteiger partial charge in [-0.05, 0) is 18.4 Å². The number of carbonyl (C=O) groups excluding carboxylic acids is 2. The van der Waals surface area contributed by atoms with E-state index in [1.807, 2.05) is 30.3 Å². The predicted molar refractivity (Wildman–Crippen MR) is 68.5 cm³/mol. The Hall–Kier alpha value is -1.68. The highest BCUT2D eigenvalue weighted by atomic mass is 16.2. The summed E-state index contributed by atoms with van der Waals surface area (Å²) in [6.07, 6.45) is 5.98. The molecule has 0 heterocycles. The third-order valence-electron chi connectivity index (χ3n) is 3.37. The third kappa shape index (κ3) is 2.96. The van der Waals surface area contributed by atoms with Crippen LogP contribution in [0.5, 0.6) is 0 Å². The first-order valence-corrected chi connectivity index (χ1v) is 6.35. The Bertz CT molecular complexity index is 388. The van der Waals surface area contributed by atoms with Crippen molar-refractivity contribution in [2.75, 3.05) is 0 Å². The van der Waals surface area contributed by atoms with Gasteiger partial charge in [0.15, 0.2) is 0 Å². The summed E-state index contributed by atoms with van der Waals surface area (Å²) in [7, 11) is 0. The molecule has 0 unspecified atom stereocenters. The summed E-state index contributed by atoms with van der Waals surface area (Å²) in [5.41, 5.74) is 3.97. The molecule has 4 heteroatoms. The van der Waals surface area contributed by atoms with Crippen molar-refractivity contribution >= 4 is 12.7 Å². The molecule has 1 aromatic rings. The Balaban J connectivity index is 2.08. The van der Waals surface area contributed by atoms with Gasteiger partial charge in [0.05, 0.1) is 0 Å². The summed E-state index contributed by atoms with van der Waals surface area (Å²) >= 11 is 0. The predicted octanol–water partition coefficient (Wildman–Crippen LogP) is 1.83. The molecule has 1 atom stereocenters. The molecule has 1 aromatic carbocycles.